The highest BCUT2D eigenvalue weighted by atomic mass is 32.2. The molecule has 31 heavy (non-hydrogen) atoms. The van der Waals surface area contributed by atoms with Crippen LogP contribution in [0, 0.1) is 12.8 Å². The molecule has 1 aromatic heterocycles. The minimum Gasteiger partial charge on any atom is -0.365 e. The van der Waals surface area contributed by atoms with E-state index in [1.165, 1.54) is 21.8 Å². The SMILES string of the molecule is Cc1cccc(N2CCN(C(=O)C3CCN(S(=O)(=O)c4cccnc4)CC3)C[C@H]2C)c1. The van der Waals surface area contributed by atoms with E-state index in [4.69, 9.17) is 0 Å². The second-order valence-electron chi connectivity index (χ2n) is 8.53. The van der Waals surface area contributed by atoms with Gasteiger partial charge in [0.15, 0.2) is 0 Å². The number of pyridine rings is 1. The Morgan fingerprint density at radius 2 is 1.84 bits per heavy atom. The molecule has 3 heterocycles. The fraction of sp³-hybridized carbons (Fsp3) is 0.478. The van der Waals surface area contributed by atoms with Crippen LogP contribution in [-0.2, 0) is 14.8 Å². The van der Waals surface area contributed by atoms with Gasteiger partial charge in [0, 0.05) is 62.8 Å². The third-order valence-corrected chi connectivity index (χ3v) is 8.23. The second-order valence-corrected chi connectivity index (χ2v) is 10.5. The number of sulfonamides is 1. The van der Waals surface area contributed by atoms with Crippen LogP contribution in [-0.4, -0.2) is 67.3 Å². The molecule has 0 aliphatic carbocycles. The third-order valence-electron chi connectivity index (χ3n) is 6.35. The predicted octanol–water partition coefficient (Wildman–Crippen LogP) is 2.53. The zero-order valence-corrected chi connectivity index (χ0v) is 19.0. The predicted molar refractivity (Wildman–Crippen MR) is 120 cm³/mol. The van der Waals surface area contributed by atoms with Crippen LogP contribution in [0.1, 0.15) is 25.3 Å². The maximum Gasteiger partial charge on any atom is 0.244 e. The van der Waals surface area contributed by atoms with Gasteiger partial charge in [0.2, 0.25) is 15.9 Å². The van der Waals surface area contributed by atoms with Crippen LogP contribution in [0.4, 0.5) is 5.69 Å². The third kappa shape index (κ3) is 4.60. The van der Waals surface area contributed by atoms with Gasteiger partial charge in [-0.2, -0.15) is 4.31 Å². The van der Waals surface area contributed by atoms with Crippen LogP contribution >= 0.6 is 0 Å². The van der Waals surface area contributed by atoms with Gasteiger partial charge in [0.1, 0.15) is 4.90 Å². The topological polar surface area (TPSA) is 73.8 Å². The molecule has 0 N–H and O–H groups in total. The lowest BCUT2D eigenvalue weighted by Crippen LogP contribution is -2.55. The number of amides is 1. The Balaban J connectivity index is 1.34. The lowest BCUT2D eigenvalue weighted by atomic mass is 9.95. The van der Waals surface area contributed by atoms with Gasteiger partial charge >= 0.3 is 0 Å². The number of benzene rings is 1. The standard InChI is InChI=1S/C23H30N4O3S/c1-18-5-3-6-21(15-18)27-14-13-25(17-19(27)2)23(28)20-8-11-26(12-9-20)31(29,30)22-7-4-10-24-16-22/h3-7,10,15-16,19-20H,8-9,11-14,17H2,1-2H3/t19-/m1/s1. The van der Waals surface area contributed by atoms with E-state index in [0.717, 1.165) is 6.54 Å². The number of piperidine rings is 1. The summed E-state index contributed by atoms with van der Waals surface area (Å²) in [6.45, 7) is 7.19. The summed E-state index contributed by atoms with van der Waals surface area (Å²) >= 11 is 0. The lowest BCUT2D eigenvalue weighted by Gasteiger charge is -2.43. The van der Waals surface area contributed by atoms with Gasteiger partial charge < -0.3 is 9.80 Å². The highest BCUT2D eigenvalue weighted by Gasteiger charge is 2.35. The number of carbonyl (C=O) groups excluding carboxylic acids is 1. The Kier molecular flexibility index (Phi) is 6.29. The summed E-state index contributed by atoms with van der Waals surface area (Å²) in [5, 5.41) is 0. The fourth-order valence-electron chi connectivity index (χ4n) is 4.60. The molecule has 1 aromatic carbocycles. The fourth-order valence-corrected chi connectivity index (χ4v) is 6.03. The number of aryl methyl sites for hydroxylation is 1. The second kappa shape index (κ2) is 8.96. The monoisotopic (exact) mass is 442 g/mol. The van der Waals surface area contributed by atoms with Crippen molar-refractivity contribution in [1.29, 1.82) is 0 Å². The van der Waals surface area contributed by atoms with E-state index in [2.05, 4.69) is 48.0 Å². The Labute approximate surface area is 184 Å². The quantitative estimate of drug-likeness (QED) is 0.728. The highest BCUT2D eigenvalue weighted by molar-refractivity contribution is 7.89. The van der Waals surface area contributed by atoms with Crippen molar-refractivity contribution in [2.45, 2.75) is 37.6 Å². The minimum absolute atomic E-state index is 0.113. The molecule has 2 aliphatic heterocycles. The molecule has 166 valence electrons. The van der Waals surface area contributed by atoms with E-state index >= 15 is 0 Å². The molecule has 2 aromatic rings. The van der Waals surface area contributed by atoms with Crippen molar-refractivity contribution in [2.24, 2.45) is 5.92 Å². The summed E-state index contributed by atoms with van der Waals surface area (Å²) in [5.74, 6) is 0.0484. The van der Waals surface area contributed by atoms with Gasteiger partial charge in [-0.1, -0.05) is 12.1 Å². The van der Waals surface area contributed by atoms with Crippen LogP contribution in [0.15, 0.2) is 53.7 Å². The van der Waals surface area contributed by atoms with Crippen molar-refractivity contribution in [3.05, 3.63) is 54.4 Å². The Hall–Kier alpha value is -2.45. The van der Waals surface area contributed by atoms with Gasteiger partial charge in [-0.15, -0.1) is 0 Å². The van der Waals surface area contributed by atoms with Crippen molar-refractivity contribution in [3.63, 3.8) is 0 Å². The van der Waals surface area contributed by atoms with Crippen LogP contribution in [0.2, 0.25) is 0 Å². The molecule has 1 atom stereocenters. The molecule has 0 unspecified atom stereocenters. The summed E-state index contributed by atoms with van der Waals surface area (Å²) < 4.78 is 27.1. The molecule has 8 heteroatoms. The van der Waals surface area contributed by atoms with Gasteiger partial charge in [0.25, 0.3) is 0 Å². The Morgan fingerprint density at radius 3 is 2.48 bits per heavy atom. The van der Waals surface area contributed by atoms with E-state index in [9.17, 15) is 13.2 Å². The summed E-state index contributed by atoms with van der Waals surface area (Å²) in [5.41, 5.74) is 2.43. The molecule has 1 amide bonds. The molecular weight excluding hydrogens is 412 g/mol. The van der Waals surface area contributed by atoms with E-state index in [-0.39, 0.29) is 22.8 Å². The highest BCUT2D eigenvalue weighted by Crippen LogP contribution is 2.27. The molecular formula is C23H30N4O3S. The maximum absolute atomic E-state index is 13.2. The molecule has 0 saturated carbocycles. The molecule has 4 rings (SSSR count). The van der Waals surface area contributed by atoms with Crippen LogP contribution in [0.3, 0.4) is 0 Å². The number of hydrogen-bond acceptors (Lipinski definition) is 5. The van der Waals surface area contributed by atoms with Crippen molar-refractivity contribution < 1.29 is 13.2 Å². The van der Waals surface area contributed by atoms with Gasteiger partial charge in [-0.3, -0.25) is 9.78 Å². The number of nitrogens with zero attached hydrogens (tertiary/aromatic N) is 4. The Bertz CT molecular complexity index is 1020. The van der Waals surface area contributed by atoms with Crippen LogP contribution in [0.25, 0.3) is 0 Å². The van der Waals surface area contributed by atoms with Crippen molar-refractivity contribution in [1.82, 2.24) is 14.2 Å². The van der Waals surface area contributed by atoms with Gasteiger partial charge in [-0.25, -0.2) is 8.42 Å². The number of aromatic nitrogens is 1. The number of anilines is 1. The Morgan fingerprint density at radius 1 is 1.06 bits per heavy atom. The van der Waals surface area contributed by atoms with Gasteiger partial charge in [-0.05, 0) is 56.5 Å². The van der Waals surface area contributed by atoms with Crippen molar-refractivity contribution in [3.8, 4) is 0 Å². The first-order chi connectivity index (χ1) is 14.9. The van der Waals surface area contributed by atoms with E-state index < -0.39 is 10.0 Å². The average Bonchev–Trinajstić information content (AvgIpc) is 2.79. The van der Waals surface area contributed by atoms with Crippen LogP contribution in [0.5, 0.6) is 0 Å². The van der Waals surface area contributed by atoms with E-state index in [1.807, 2.05) is 4.90 Å². The van der Waals surface area contributed by atoms with Crippen molar-refractivity contribution in [2.75, 3.05) is 37.6 Å². The number of piperazine rings is 1. The lowest BCUT2D eigenvalue weighted by molar-refractivity contribution is -0.137. The number of hydrogen-bond donors (Lipinski definition) is 0. The summed E-state index contributed by atoms with van der Waals surface area (Å²) in [6.07, 6.45) is 4.06. The smallest absolute Gasteiger partial charge is 0.244 e. The zero-order valence-electron chi connectivity index (χ0n) is 18.1. The first kappa shape index (κ1) is 21.8. The summed E-state index contributed by atoms with van der Waals surface area (Å²) in [4.78, 5) is 21.6. The van der Waals surface area contributed by atoms with E-state index in [0.29, 0.717) is 39.0 Å². The first-order valence-corrected chi connectivity index (χ1v) is 12.3. The largest absolute Gasteiger partial charge is 0.365 e. The summed E-state index contributed by atoms with van der Waals surface area (Å²) in [7, 11) is -3.55. The molecule has 0 spiro atoms. The zero-order chi connectivity index (χ0) is 22.0. The molecule has 0 radical (unpaired) electrons. The van der Waals surface area contributed by atoms with Gasteiger partial charge in [0.05, 0.1) is 0 Å². The molecule has 2 fully saturated rings. The maximum atomic E-state index is 13.2. The average molecular weight is 443 g/mol. The molecule has 2 saturated heterocycles. The number of carbonyl (C=O) groups is 1. The van der Waals surface area contributed by atoms with E-state index in [1.54, 1.807) is 18.3 Å². The first-order valence-electron chi connectivity index (χ1n) is 10.9. The minimum atomic E-state index is -3.55. The molecule has 7 nitrogen and oxygen atoms in total. The number of rotatable bonds is 4. The molecule has 2 aliphatic rings. The van der Waals surface area contributed by atoms with Crippen molar-refractivity contribution >= 4 is 21.6 Å². The van der Waals surface area contributed by atoms with Crippen LogP contribution < -0.4 is 4.90 Å². The normalized spacial score (nSPS) is 21.3. The molecule has 0 bridgehead atoms. The summed E-state index contributed by atoms with van der Waals surface area (Å²) in [6, 6.07) is 11.9.